The molecular formula is C24H25NO5. The number of likely N-dealkylation sites (tertiary alicyclic amines) is 1. The highest BCUT2D eigenvalue weighted by Gasteiger charge is 2.45. The monoisotopic (exact) mass is 407 g/mol. The smallest absolute Gasteiger partial charge is 0.409 e. The minimum absolute atomic E-state index is 0.00162. The van der Waals surface area contributed by atoms with Crippen molar-refractivity contribution >= 4 is 12.1 Å². The molecule has 2 saturated heterocycles. The molecule has 0 bridgehead atoms. The van der Waals surface area contributed by atoms with Crippen LogP contribution in [-0.4, -0.2) is 55.0 Å². The lowest BCUT2D eigenvalue weighted by Crippen LogP contribution is -2.31. The number of fused-ring (bicyclic) bond motifs is 3. The second-order valence-corrected chi connectivity index (χ2v) is 8.44. The van der Waals surface area contributed by atoms with Crippen molar-refractivity contribution in [3.05, 3.63) is 59.7 Å². The van der Waals surface area contributed by atoms with Crippen LogP contribution in [0.4, 0.5) is 4.79 Å². The first-order valence-corrected chi connectivity index (χ1v) is 10.5. The van der Waals surface area contributed by atoms with Crippen LogP contribution in [-0.2, 0) is 14.3 Å². The molecule has 2 aliphatic heterocycles. The van der Waals surface area contributed by atoms with Crippen LogP contribution in [0, 0.1) is 17.8 Å². The number of aliphatic carboxylic acids is 1. The zero-order valence-electron chi connectivity index (χ0n) is 16.7. The van der Waals surface area contributed by atoms with Crippen molar-refractivity contribution in [1.82, 2.24) is 4.90 Å². The number of benzene rings is 2. The fraction of sp³-hybridized carbons (Fsp3) is 0.417. The summed E-state index contributed by atoms with van der Waals surface area (Å²) in [5.41, 5.74) is 4.69. The fourth-order valence-corrected chi connectivity index (χ4v) is 5.29. The van der Waals surface area contributed by atoms with Crippen molar-refractivity contribution in [1.29, 1.82) is 0 Å². The topological polar surface area (TPSA) is 76.1 Å². The van der Waals surface area contributed by atoms with Gasteiger partial charge in [0, 0.05) is 32.2 Å². The molecule has 0 radical (unpaired) electrons. The van der Waals surface area contributed by atoms with Crippen molar-refractivity contribution in [3.63, 3.8) is 0 Å². The molecule has 3 unspecified atom stereocenters. The van der Waals surface area contributed by atoms with Gasteiger partial charge in [-0.2, -0.15) is 0 Å². The van der Waals surface area contributed by atoms with Crippen molar-refractivity contribution in [2.45, 2.75) is 12.3 Å². The lowest BCUT2D eigenvalue weighted by Gasteiger charge is -2.21. The van der Waals surface area contributed by atoms with Crippen molar-refractivity contribution in [3.8, 4) is 11.1 Å². The first-order valence-electron chi connectivity index (χ1n) is 10.5. The molecule has 2 fully saturated rings. The van der Waals surface area contributed by atoms with Crippen LogP contribution < -0.4 is 0 Å². The number of hydrogen-bond donors (Lipinski definition) is 1. The van der Waals surface area contributed by atoms with Gasteiger partial charge in [0.15, 0.2) is 0 Å². The van der Waals surface area contributed by atoms with Gasteiger partial charge in [0.1, 0.15) is 6.61 Å². The number of carboxylic acids is 1. The van der Waals surface area contributed by atoms with E-state index in [0.717, 1.165) is 17.5 Å². The molecule has 30 heavy (non-hydrogen) atoms. The maximum absolute atomic E-state index is 12.8. The summed E-state index contributed by atoms with van der Waals surface area (Å²) in [4.78, 5) is 26.2. The van der Waals surface area contributed by atoms with Gasteiger partial charge in [0.05, 0.1) is 5.92 Å². The Labute approximate surface area is 175 Å². The van der Waals surface area contributed by atoms with E-state index in [0.29, 0.717) is 19.8 Å². The molecule has 0 spiro atoms. The van der Waals surface area contributed by atoms with Gasteiger partial charge in [-0.15, -0.1) is 0 Å². The molecule has 2 aromatic rings. The van der Waals surface area contributed by atoms with E-state index < -0.39 is 18.0 Å². The largest absolute Gasteiger partial charge is 0.481 e. The minimum atomic E-state index is -0.846. The third-order valence-electron chi connectivity index (χ3n) is 6.85. The van der Waals surface area contributed by atoms with Gasteiger partial charge in [-0.25, -0.2) is 4.79 Å². The zero-order valence-corrected chi connectivity index (χ0v) is 16.7. The quantitative estimate of drug-likeness (QED) is 0.838. The Morgan fingerprint density at radius 2 is 1.70 bits per heavy atom. The van der Waals surface area contributed by atoms with Gasteiger partial charge in [-0.1, -0.05) is 48.5 Å². The zero-order chi connectivity index (χ0) is 20.7. The van der Waals surface area contributed by atoms with Crippen molar-refractivity contribution < 1.29 is 24.2 Å². The summed E-state index contributed by atoms with van der Waals surface area (Å²) in [6.45, 7) is 2.11. The number of carbonyl (C=O) groups is 2. The molecule has 6 nitrogen and oxygen atoms in total. The summed E-state index contributed by atoms with van der Waals surface area (Å²) in [5.74, 6) is -1.29. The highest BCUT2D eigenvalue weighted by Crippen LogP contribution is 2.44. The SMILES string of the molecule is O=C(O)C1CN(C(=O)OCC2c3ccccc3-c3ccccc32)CC1C1CCOC1. The summed E-state index contributed by atoms with van der Waals surface area (Å²) in [5, 5.41) is 9.64. The van der Waals surface area contributed by atoms with Crippen LogP contribution in [0.25, 0.3) is 11.1 Å². The highest BCUT2D eigenvalue weighted by atomic mass is 16.6. The Kier molecular flexibility index (Phi) is 4.95. The van der Waals surface area contributed by atoms with Crippen molar-refractivity contribution in [2.24, 2.45) is 17.8 Å². The Bertz CT molecular complexity index is 922. The van der Waals surface area contributed by atoms with Gasteiger partial charge in [-0.3, -0.25) is 4.79 Å². The third-order valence-corrected chi connectivity index (χ3v) is 6.85. The molecule has 6 heteroatoms. The Hall–Kier alpha value is -2.86. The van der Waals surface area contributed by atoms with Crippen LogP contribution in [0.2, 0.25) is 0 Å². The van der Waals surface area contributed by atoms with Gasteiger partial charge in [-0.05, 0) is 40.5 Å². The molecule has 1 aliphatic carbocycles. The van der Waals surface area contributed by atoms with Crippen LogP contribution >= 0.6 is 0 Å². The second kappa shape index (κ2) is 7.76. The van der Waals surface area contributed by atoms with E-state index in [1.54, 1.807) is 4.90 Å². The van der Waals surface area contributed by atoms with E-state index in [9.17, 15) is 14.7 Å². The van der Waals surface area contributed by atoms with E-state index in [-0.39, 0.29) is 30.9 Å². The molecule has 2 heterocycles. The van der Waals surface area contributed by atoms with E-state index in [2.05, 4.69) is 24.3 Å². The van der Waals surface area contributed by atoms with E-state index >= 15 is 0 Å². The lowest BCUT2D eigenvalue weighted by molar-refractivity contribution is -0.143. The number of nitrogens with zero attached hydrogens (tertiary/aromatic N) is 1. The van der Waals surface area contributed by atoms with Gasteiger partial charge >= 0.3 is 12.1 Å². The maximum Gasteiger partial charge on any atom is 0.409 e. The average Bonchev–Trinajstić information content (AvgIpc) is 3.49. The molecule has 0 saturated carbocycles. The molecule has 1 amide bonds. The summed E-state index contributed by atoms with van der Waals surface area (Å²) in [7, 11) is 0. The Balaban J connectivity index is 1.29. The Morgan fingerprint density at radius 3 is 2.30 bits per heavy atom. The lowest BCUT2D eigenvalue weighted by atomic mass is 9.83. The van der Waals surface area contributed by atoms with Gasteiger partial charge in [0.25, 0.3) is 0 Å². The molecule has 2 aromatic carbocycles. The summed E-state index contributed by atoms with van der Waals surface area (Å²) < 4.78 is 11.2. The maximum atomic E-state index is 12.8. The number of carbonyl (C=O) groups excluding carboxylic acids is 1. The molecule has 5 rings (SSSR count). The van der Waals surface area contributed by atoms with Gasteiger partial charge < -0.3 is 19.5 Å². The summed E-state index contributed by atoms with van der Waals surface area (Å²) in [6, 6.07) is 16.4. The van der Waals surface area contributed by atoms with E-state index in [1.165, 1.54) is 11.1 Å². The van der Waals surface area contributed by atoms with Crippen LogP contribution in [0.3, 0.4) is 0 Å². The van der Waals surface area contributed by atoms with Crippen molar-refractivity contribution in [2.75, 3.05) is 32.9 Å². The highest BCUT2D eigenvalue weighted by molar-refractivity contribution is 5.79. The molecule has 1 N–H and O–H groups in total. The average molecular weight is 407 g/mol. The number of amides is 1. The molecular weight excluding hydrogens is 382 g/mol. The predicted octanol–water partition coefficient (Wildman–Crippen LogP) is 3.60. The third kappa shape index (κ3) is 3.25. The first-order chi connectivity index (χ1) is 14.6. The van der Waals surface area contributed by atoms with Crippen LogP contribution in [0.1, 0.15) is 23.5 Å². The van der Waals surface area contributed by atoms with Crippen LogP contribution in [0.5, 0.6) is 0 Å². The number of ether oxygens (including phenoxy) is 2. The first kappa shape index (κ1) is 19.1. The summed E-state index contributed by atoms with van der Waals surface area (Å²) >= 11 is 0. The number of hydrogen-bond acceptors (Lipinski definition) is 4. The second-order valence-electron chi connectivity index (χ2n) is 8.44. The van der Waals surface area contributed by atoms with Crippen LogP contribution in [0.15, 0.2) is 48.5 Å². The molecule has 3 atom stereocenters. The number of rotatable bonds is 4. The van der Waals surface area contributed by atoms with Gasteiger partial charge in [0.2, 0.25) is 0 Å². The minimum Gasteiger partial charge on any atom is -0.481 e. The molecule has 3 aliphatic rings. The predicted molar refractivity (Wildman–Crippen MR) is 110 cm³/mol. The molecule has 156 valence electrons. The normalized spacial score (nSPS) is 25.2. The Morgan fingerprint density at radius 1 is 1.03 bits per heavy atom. The fourth-order valence-electron chi connectivity index (χ4n) is 5.29. The van der Waals surface area contributed by atoms with E-state index in [1.807, 2.05) is 24.3 Å². The number of carboxylic acid groups (broad SMARTS) is 1. The summed E-state index contributed by atoms with van der Waals surface area (Å²) in [6.07, 6.45) is 0.428. The molecule has 0 aromatic heterocycles. The van der Waals surface area contributed by atoms with E-state index in [4.69, 9.17) is 9.47 Å². The standard InChI is InChI=1S/C24H25NO5/c26-23(27)21-12-25(11-20(21)15-9-10-29-13-15)24(28)30-14-22-18-7-3-1-5-16(18)17-6-2-4-8-19(17)22/h1-8,15,20-22H,9-14H2,(H,26,27).